The van der Waals surface area contributed by atoms with Gasteiger partial charge in [-0.3, -0.25) is 4.79 Å². The Morgan fingerprint density at radius 1 is 1.21 bits per heavy atom. The van der Waals surface area contributed by atoms with E-state index < -0.39 is 0 Å². The highest BCUT2D eigenvalue weighted by Gasteiger charge is 2.39. The van der Waals surface area contributed by atoms with Crippen molar-refractivity contribution >= 4 is 5.78 Å². The van der Waals surface area contributed by atoms with Crippen LogP contribution in [0.5, 0.6) is 0 Å². The number of carbonyl (C=O) groups excluding carboxylic acids is 1. The average molecular weight is 191 g/mol. The van der Waals surface area contributed by atoms with Crippen molar-refractivity contribution in [3.63, 3.8) is 0 Å². The van der Waals surface area contributed by atoms with Gasteiger partial charge in [0.05, 0.1) is 0 Å². The van der Waals surface area contributed by atoms with E-state index in [0.29, 0.717) is 11.8 Å². The maximum Gasteiger partial charge on any atom is 0.157 e. The van der Waals surface area contributed by atoms with E-state index in [1.807, 2.05) is 6.08 Å². The van der Waals surface area contributed by atoms with Gasteiger partial charge in [-0.25, -0.2) is 0 Å². The van der Waals surface area contributed by atoms with E-state index in [1.165, 1.54) is 31.4 Å². The number of allylic oxidation sites excluding steroid dienone is 2. The minimum absolute atomic E-state index is 0.302. The van der Waals surface area contributed by atoms with Crippen LogP contribution in [0.25, 0.3) is 0 Å². The molecule has 2 bridgehead atoms. The fraction of sp³-hybridized carbons (Fsp3) is 0.750. The van der Waals surface area contributed by atoms with Gasteiger partial charge in [0.25, 0.3) is 0 Å². The molecule has 76 valence electrons. The molecule has 0 saturated heterocycles. The van der Waals surface area contributed by atoms with Crippen LogP contribution in [0.3, 0.4) is 0 Å². The van der Waals surface area contributed by atoms with Crippen LogP contribution in [0.1, 0.15) is 38.5 Å². The molecule has 0 amide bonds. The van der Waals surface area contributed by atoms with Crippen molar-refractivity contribution in [1.29, 1.82) is 0 Å². The minimum atomic E-state index is 0.302. The standard InChI is InChI=1S/C12H17NO/c14-11-4-3-10(7-11)13-12-6-8-1-2-9(12)5-8/h7-9,12-13H,1-6H2. The summed E-state index contributed by atoms with van der Waals surface area (Å²) in [5.41, 5.74) is 1.20. The third-order valence-corrected chi connectivity index (χ3v) is 4.08. The van der Waals surface area contributed by atoms with Crippen molar-refractivity contribution in [2.75, 3.05) is 0 Å². The topological polar surface area (TPSA) is 29.1 Å². The first-order valence-electron chi connectivity index (χ1n) is 5.81. The number of ketones is 1. The molecule has 3 atom stereocenters. The van der Waals surface area contributed by atoms with Gasteiger partial charge in [-0.15, -0.1) is 0 Å². The molecular weight excluding hydrogens is 174 g/mol. The summed E-state index contributed by atoms with van der Waals surface area (Å²) in [5.74, 6) is 2.18. The number of hydrogen-bond donors (Lipinski definition) is 1. The number of rotatable bonds is 2. The molecular formula is C12H17NO. The van der Waals surface area contributed by atoms with Crippen LogP contribution < -0.4 is 5.32 Å². The molecule has 3 unspecified atom stereocenters. The zero-order valence-electron chi connectivity index (χ0n) is 8.46. The molecule has 2 fully saturated rings. The highest BCUT2D eigenvalue weighted by atomic mass is 16.1. The molecule has 0 heterocycles. The first-order chi connectivity index (χ1) is 6.81. The Hall–Kier alpha value is -0.790. The Morgan fingerprint density at radius 3 is 2.71 bits per heavy atom. The van der Waals surface area contributed by atoms with Gasteiger partial charge < -0.3 is 5.32 Å². The van der Waals surface area contributed by atoms with Crippen molar-refractivity contribution in [1.82, 2.24) is 5.32 Å². The average Bonchev–Trinajstić information content (AvgIpc) is 2.82. The molecule has 0 aromatic rings. The fourth-order valence-corrected chi connectivity index (χ4v) is 3.37. The van der Waals surface area contributed by atoms with E-state index in [2.05, 4.69) is 5.32 Å². The highest BCUT2D eigenvalue weighted by molar-refractivity contribution is 5.92. The quantitative estimate of drug-likeness (QED) is 0.723. The first kappa shape index (κ1) is 8.51. The van der Waals surface area contributed by atoms with Crippen LogP contribution in [-0.2, 0) is 4.79 Å². The van der Waals surface area contributed by atoms with Crippen LogP contribution in [-0.4, -0.2) is 11.8 Å². The number of hydrogen-bond acceptors (Lipinski definition) is 2. The predicted molar refractivity (Wildman–Crippen MR) is 54.7 cm³/mol. The summed E-state index contributed by atoms with van der Waals surface area (Å²) in [6.45, 7) is 0. The summed E-state index contributed by atoms with van der Waals surface area (Å²) in [6, 6.07) is 0.686. The molecule has 0 radical (unpaired) electrons. The lowest BCUT2D eigenvalue weighted by atomic mass is 9.95. The van der Waals surface area contributed by atoms with Gasteiger partial charge in [-0.1, -0.05) is 6.42 Å². The second kappa shape index (κ2) is 3.11. The van der Waals surface area contributed by atoms with E-state index >= 15 is 0 Å². The number of nitrogens with one attached hydrogen (secondary N) is 1. The summed E-state index contributed by atoms with van der Waals surface area (Å²) in [6.07, 6.45) is 9.11. The smallest absolute Gasteiger partial charge is 0.157 e. The van der Waals surface area contributed by atoms with Crippen LogP contribution in [0.4, 0.5) is 0 Å². The van der Waals surface area contributed by atoms with E-state index in [0.717, 1.165) is 24.7 Å². The zero-order valence-corrected chi connectivity index (χ0v) is 8.46. The molecule has 0 aromatic heterocycles. The Labute approximate surface area is 84.8 Å². The molecule has 14 heavy (non-hydrogen) atoms. The Bertz CT molecular complexity index is 295. The van der Waals surface area contributed by atoms with Crippen molar-refractivity contribution in [3.8, 4) is 0 Å². The summed E-state index contributed by atoms with van der Waals surface area (Å²) in [7, 11) is 0. The van der Waals surface area contributed by atoms with E-state index in [-0.39, 0.29) is 0 Å². The number of carbonyl (C=O) groups is 1. The summed E-state index contributed by atoms with van der Waals surface area (Å²) >= 11 is 0. The van der Waals surface area contributed by atoms with Gasteiger partial charge in [0, 0.05) is 24.2 Å². The van der Waals surface area contributed by atoms with Gasteiger partial charge in [0.1, 0.15) is 0 Å². The summed E-state index contributed by atoms with van der Waals surface area (Å²) < 4.78 is 0. The molecule has 3 aliphatic carbocycles. The van der Waals surface area contributed by atoms with Crippen LogP contribution in [0, 0.1) is 11.8 Å². The minimum Gasteiger partial charge on any atom is -0.385 e. The lowest BCUT2D eigenvalue weighted by molar-refractivity contribution is -0.114. The predicted octanol–water partition coefficient (Wildman–Crippen LogP) is 2.01. The molecule has 3 aliphatic rings. The Kier molecular flexibility index (Phi) is 1.89. The normalized spacial score (nSPS) is 40.4. The third-order valence-electron chi connectivity index (χ3n) is 4.08. The monoisotopic (exact) mass is 191 g/mol. The summed E-state index contributed by atoms with van der Waals surface area (Å²) in [5, 5.41) is 3.58. The molecule has 0 aromatic carbocycles. The molecule has 1 N–H and O–H groups in total. The first-order valence-corrected chi connectivity index (χ1v) is 5.81. The van der Waals surface area contributed by atoms with E-state index in [9.17, 15) is 4.79 Å². The highest BCUT2D eigenvalue weighted by Crippen LogP contribution is 2.44. The summed E-state index contributed by atoms with van der Waals surface area (Å²) in [4.78, 5) is 11.1. The molecule has 2 saturated carbocycles. The maximum absolute atomic E-state index is 11.1. The Morgan fingerprint density at radius 2 is 2.14 bits per heavy atom. The second-order valence-electron chi connectivity index (χ2n) is 5.06. The van der Waals surface area contributed by atoms with Gasteiger partial charge in [-0.2, -0.15) is 0 Å². The Balaban J connectivity index is 1.63. The molecule has 3 rings (SSSR count). The molecule has 2 heteroatoms. The van der Waals surface area contributed by atoms with Crippen LogP contribution >= 0.6 is 0 Å². The van der Waals surface area contributed by atoms with Crippen molar-refractivity contribution in [2.24, 2.45) is 11.8 Å². The lowest BCUT2D eigenvalue weighted by Crippen LogP contribution is -2.32. The zero-order chi connectivity index (χ0) is 9.54. The maximum atomic E-state index is 11.1. The molecule has 0 aliphatic heterocycles. The van der Waals surface area contributed by atoms with Gasteiger partial charge >= 0.3 is 0 Å². The van der Waals surface area contributed by atoms with Crippen molar-refractivity contribution < 1.29 is 4.79 Å². The van der Waals surface area contributed by atoms with Crippen LogP contribution in [0.2, 0.25) is 0 Å². The van der Waals surface area contributed by atoms with Crippen LogP contribution in [0.15, 0.2) is 11.8 Å². The second-order valence-corrected chi connectivity index (χ2v) is 5.06. The molecule has 2 nitrogen and oxygen atoms in total. The van der Waals surface area contributed by atoms with Crippen molar-refractivity contribution in [3.05, 3.63) is 11.8 Å². The lowest BCUT2D eigenvalue weighted by Gasteiger charge is -2.24. The number of fused-ring (bicyclic) bond motifs is 2. The third kappa shape index (κ3) is 1.37. The van der Waals surface area contributed by atoms with Gasteiger partial charge in [0.15, 0.2) is 5.78 Å². The SMILES string of the molecule is O=C1C=C(NC2CC3CCC2C3)CC1. The fourth-order valence-electron chi connectivity index (χ4n) is 3.37. The van der Waals surface area contributed by atoms with Crippen molar-refractivity contribution in [2.45, 2.75) is 44.6 Å². The largest absolute Gasteiger partial charge is 0.385 e. The van der Waals surface area contributed by atoms with Gasteiger partial charge in [0.2, 0.25) is 0 Å². The van der Waals surface area contributed by atoms with E-state index in [1.54, 1.807) is 0 Å². The van der Waals surface area contributed by atoms with Gasteiger partial charge in [-0.05, 0) is 37.5 Å². The van der Waals surface area contributed by atoms with E-state index in [4.69, 9.17) is 0 Å². The molecule has 0 spiro atoms.